The molecule has 1 aromatic rings. The average molecular weight is 294 g/mol. The monoisotopic (exact) mass is 294 g/mol. The first kappa shape index (κ1) is 17.5. The van der Waals surface area contributed by atoms with Crippen molar-refractivity contribution >= 4 is 6.03 Å². The number of benzene rings is 1. The first-order valence-corrected chi connectivity index (χ1v) is 7.31. The van der Waals surface area contributed by atoms with Crippen LogP contribution in [0, 0.1) is 20.8 Å². The van der Waals surface area contributed by atoms with Crippen LogP contribution in [-0.2, 0) is 11.3 Å². The van der Waals surface area contributed by atoms with Gasteiger partial charge in [-0.15, -0.1) is 0 Å². The van der Waals surface area contributed by atoms with E-state index in [1.807, 2.05) is 0 Å². The molecule has 0 aromatic heterocycles. The smallest absolute Gasteiger partial charge is 0.315 e. The van der Waals surface area contributed by atoms with Crippen LogP contribution < -0.4 is 10.6 Å². The Kier molecular flexibility index (Phi) is 7.79. The number of nitrogens with one attached hydrogen (secondary N) is 2. The minimum absolute atomic E-state index is 0.0309. The SMILES string of the molecule is Cc1cc(C)c(CNC(=O)NCCCOCCO)c(C)c1. The van der Waals surface area contributed by atoms with Gasteiger partial charge in [-0.05, 0) is 43.9 Å². The number of aliphatic hydroxyl groups is 1. The largest absolute Gasteiger partial charge is 0.394 e. The molecule has 3 N–H and O–H groups in total. The van der Waals surface area contributed by atoms with E-state index in [4.69, 9.17) is 9.84 Å². The molecule has 5 heteroatoms. The first-order valence-electron chi connectivity index (χ1n) is 7.31. The Balaban J connectivity index is 2.27. The number of hydrogen-bond acceptors (Lipinski definition) is 3. The molecule has 0 atom stereocenters. The summed E-state index contributed by atoms with van der Waals surface area (Å²) in [5.74, 6) is 0. The van der Waals surface area contributed by atoms with Gasteiger partial charge in [0.1, 0.15) is 0 Å². The van der Waals surface area contributed by atoms with Gasteiger partial charge in [0.25, 0.3) is 0 Å². The first-order chi connectivity index (χ1) is 10.0. The summed E-state index contributed by atoms with van der Waals surface area (Å²) in [6, 6.07) is 4.08. The average Bonchev–Trinajstić information content (AvgIpc) is 2.41. The number of aryl methyl sites for hydroxylation is 3. The number of amides is 2. The maximum absolute atomic E-state index is 11.7. The number of aliphatic hydroxyl groups excluding tert-OH is 1. The highest BCUT2D eigenvalue weighted by atomic mass is 16.5. The molecule has 0 spiro atoms. The molecule has 0 aliphatic rings. The lowest BCUT2D eigenvalue weighted by Gasteiger charge is -2.13. The van der Waals surface area contributed by atoms with Gasteiger partial charge in [-0.25, -0.2) is 4.79 Å². The van der Waals surface area contributed by atoms with E-state index in [0.717, 1.165) is 6.42 Å². The molecule has 118 valence electrons. The number of urea groups is 1. The summed E-state index contributed by atoms with van der Waals surface area (Å²) in [4.78, 5) is 11.7. The Morgan fingerprint density at radius 2 is 1.81 bits per heavy atom. The van der Waals surface area contributed by atoms with Crippen LogP contribution >= 0.6 is 0 Å². The second kappa shape index (κ2) is 9.37. The summed E-state index contributed by atoms with van der Waals surface area (Å²) in [6.45, 7) is 8.20. The lowest BCUT2D eigenvalue weighted by atomic mass is 10.00. The number of carbonyl (C=O) groups excluding carboxylic acids is 1. The van der Waals surface area contributed by atoms with E-state index in [-0.39, 0.29) is 12.6 Å². The van der Waals surface area contributed by atoms with Crippen LogP contribution in [0.5, 0.6) is 0 Å². The van der Waals surface area contributed by atoms with E-state index < -0.39 is 0 Å². The molecule has 0 saturated heterocycles. The van der Waals surface area contributed by atoms with Crippen LogP contribution in [0.2, 0.25) is 0 Å². The molecule has 1 aromatic carbocycles. The molecule has 21 heavy (non-hydrogen) atoms. The molecule has 0 saturated carbocycles. The zero-order chi connectivity index (χ0) is 15.7. The molecule has 0 radical (unpaired) electrons. The molecule has 0 aliphatic heterocycles. The van der Waals surface area contributed by atoms with Crippen molar-refractivity contribution in [3.8, 4) is 0 Å². The number of ether oxygens (including phenoxy) is 1. The van der Waals surface area contributed by atoms with Crippen molar-refractivity contribution < 1.29 is 14.6 Å². The molecular formula is C16H26N2O3. The zero-order valence-electron chi connectivity index (χ0n) is 13.2. The van der Waals surface area contributed by atoms with Crippen LogP contribution in [0.3, 0.4) is 0 Å². The van der Waals surface area contributed by atoms with E-state index in [9.17, 15) is 4.79 Å². The molecule has 2 amide bonds. The van der Waals surface area contributed by atoms with Crippen molar-refractivity contribution in [1.82, 2.24) is 10.6 Å². The minimum atomic E-state index is -0.170. The normalized spacial score (nSPS) is 10.5. The third-order valence-electron chi connectivity index (χ3n) is 3.25. The Labute approximate surface area is 126 Å². The molecule has 0 heterocycles. The predicted molar refractivity (Wildman–Crippen MR) is 83.4 cm³/mol. The van der Waals surface area contributed by atoms with Crippen molar-refractivity contribution in [1.29, 1.82) is 0 Å². The maximum atomic E-state index is 11.7. The minimum Gasteiger partial charge on any atom is -0.394 e. The van der Waals surface area contributed by atoms with Gasteiger partial charge in [0.2, 0.25) is 0 Å². The second-order valence-corrected chi connectivity index (χ2v) is 5.18. The quantitative estimate of drug-likeness (QED) is 0.640. The van der Waals surface area contributed by atoms with Gasteiger partial charge in [0.05, 0.1) is 13.2 Å². The molecule has 0 bridgehead atoms. The summed E-state index contributed by atoms with van der Waals surface area (Å²) in [5, 5.41) is 14.2. The number of hydrogen-bond donors (Lipinski definition) is 3. The fraction of sp³-hybridized carbons (Fsp3) is 0.562. The highest BCUT2D eigenvalue weighted by Gasteiger charge is 2.06. The zero-order valence-corrected chi connectivity index (χ0v) is 13.2. The molecule has 0 fully saturated rings. The topological polar surface area (TPSA) is 70.6 Å². The number of rotatable bonds is 8. The summed E-state index contributed by atoms with van der Waals surface area (Å²) >= 11 is 0. The Bertz CT molecular complexity index is 438. The lowest BCUT2D eigenvalue weighted by Crippen LogP contribution is -2.36. The Morgan fingerprint density at radius 3 is 2.43 bits per heavy atom. The molecule has 1 rings (SSSR count). The fourth-order valence-corrected chi connectivity index (χ4v) is 2.26. The Hall–Kier alpha value is -1.59. The van der Waals surface area contributed by atoms with E-state index in [1.54, 1.807) is 0 Å². The molecule has 5 nitrogen and oxygen atoms in total. The van der Waals surface area contributed by atoms with Crippen molar-refractivity contribution in [2.24, 2.45) is 0 Å². The maximum Gasteiger partial charge on any atom is 0.315 e. The fourth-order valence-electron chi connectivity index (χ4n) is 2.26. The standard InChI is InChI=1S/C16H26N2O3/c1-12-9-13(2)15(14(3)10-12)11-18-16(20)17-5-4-7-21-8-6-19/h9-10,19H,4-8,11H2,1-3H3,(H2,17,18,20). The summed E-state index contributed by atoms with van der Waals surface area (Å²) < 4.78 is 5.11. The third-order valence-corrected chi connectivity index (χ3v) is 3.25. The molecular weight excluding hydrogens is 268 g/mol. The molecule has 0 unspecified atom stereocenters. The van der Waals surface area contributed by atoms with Gasteiger partial charge in [0.15, 0.2) is 0 Å². The van der Waals surface area contributed by atoms with Crippen LogP contribution in [0.1, 0.15) is 28.7 Å². The van der Waals surface area contributed by atoms with Crippen molar-refractivity contribution in [3.63, 3.8) is 0 Å². The third kappa shape index (κ3) is 6.60. The van der Waals surface area contributed by atoms with Gasteiger partial charge in [0, 0.05) is 19.7 Å². The van der Waals surface area contributed by atoms with Gasteiger partial charge in [-0.1, -0.05) is 17.7 Å². The van der Waals surface area contributed by atoms with Crippen molar-refractivity contribution in [2.75, 3.05) is 26.4 Å². The summed E-state index contributed by atoms with van der Waals surface area (Å²) in [7, 11) is 0. The Morgan fingerprint density at radius 1 is 1.14 bits per heavy atom. The van der Waals surface area contributed by atoms with Crippen molar-refractivity contribution in [2.45, 2.75) is 33.7 Å². The van der Waals surface area contributed by atoms with Gasteiger partial charge < -0.3 is 20.5 Å². The highest BCUT2D eigenvalue weighted by molar-refractivity contribution is 5.73. The van der Waals surface area contributed by atoms with E-state index >= 15 is 0 Å². The predicted octanol–water partition coefficient (Wildman–Crippen LogP) is 1.81. The summed E-state index contributed by atoms with van der Waals surface area (Å²) in [5.41, 5.74) is 4.80. The van der Waals surface area contributed by atoms with E-state index in [1.165, 1.54) is 22.3 Å². The summed E-state index contributed by atoms with van der Waals surface area (Å²) in [6.07, 6.45) is 0.732. The van der Waals surface area contributed by atoms with Crippen LogP contribution in [0.4, 0.5) is 4.79 Å². The highest BCUT2D eigenvalue weighted by Crippen LogP contribution is 2.15. The van der Waals surface area contributed by atoms with Gasteiger partial charge >= 0.3 is 6.03 Å². The van der Waals surface area contributed by atoms with Crippen molar-refractivity contribution in [3.05, 3.63) is 34.4 Å². The van der Waals surface area contributed by atoms with E-state index in [2.05, 4.69) is 43.5 Å². The second-order valence-electron chi connectivity index (χ2n) is 5.18. The van der Waals surface area contributed by atoms with Crippen LogP contribution in [-0.4, -0.2) is 37.5 Å². The molecule has 0 aliphatic carbocycles. The number of carbonyl (C=O) groups is 1. The van der Waals surface area contributed by atoms with Crippen LogP contribution in [0.25, 0.3) is 0 Å². The van der Waals surface area contributed by atoms with E-state index in [0.29, 0.717) is 26.3 Å². The van der Waals surface area contributed by atoms with Gasteiger partial charge in [-0.3, -0.25) is 0 Å². The van der Waals surface area contributed by atoms with Gasteiger partial charge in [-0.2, -0.15) is 0 Å². The lowest BCUT2D eigenvalue weighted by molar-refractivity contribution is 0.0910. The van der Waals surface area contributed by atoms with Crippen LogP contribution in [0.15, 0.2) is 12.1 Å².